The van der Waals surface area contributed by atoms with Crippen molar-refractivity contribution < 1.29 is 4.79 Å². The number of aromatic nitrogens is 1. The van der Waals surface area contributed by atoms with Crippen LogP contribution in [0.4, 0.5) is 10.1 Å². The molecule has 0 saturated carbocycles. The van der Waals surface area contributed by atoms with E-state index in [0.717, 1.165) is 23.3 Å². The highest BCUT2D eigenvalue weighted by Crippen LogP contribution is 2.33. The van der Waals surface area contributed by atoms with Crippen molar-refractivity contribution in [2.24, 2.45) is 0 Å². The van der Waals surface area contributed by atoms with E-state index in [9.17, 15) is 4.79 Å². The Morgan fingerprint density at radius 1 is 1.33 bits per heavy atom. The number of hydrogen-bond donors (Lipinski definition) is 2. The largest absolute Gasteiger partial charge is 0.389 e. The maximum atomic E-state index is 11.7. The zero-order chi connectivity index (χ0) is 15.4. The predicted octanol–water partition coefficient (Wildman–Crippen LogP) is 3.86. The molecule has 1 aromatic heterocycles. The highest BCUT2D eigenvalue weighted by Gasteiger charge is 2.12. The summed E-state index contributed by atoms with van der Waals surface area (Å²) in [7, 11) is 0. The molecule has 0 atom stereocenters. The van der Waals surface area contributed by atoms with Crippen LogP contribution in [0.15, 0.2) is 35.9 Å². The summed E-state index contributed by atoms with van der Waals surface area (Å²) in [6.07, 6.45) is 2.53. The van der Waals surface area contributed by atoms with Gasteiger partial charge in [0.1, 0.15) is 10.7 Å². The van der Waals surface area contributed by atoms with Crippen molar-refractivity contribution in [3.8, 4) is 11.3 Å². The topological polar surface area (TPSA) is 68.0 Å². The molecule has 1 amide bonds. The molecule has 0 bridgehead atoms. The van der Waals surface area contributed by atoms with E-state index in [1.807, 2.05) is 26.0 Å². The number of nitrogen functional groups attached to an aromatic ring is 1. The first-order chi connectivity index (χ1) is 9.99. The second-order valence-corrected chi connectivity index (χ2v) is 6.02. The van der Waals surface area contributed by atoms with Crippen LogP contribution in [0.2, 0.25) is 0 Å². The lowest BCUT2D eigenvalue weighted by Gasteiger charge is -2.00. The molecular formula is C16H19N3OS. The molecule has 0 aliphatic carbocycles. The van der Waals surface area contributed by atoms with E-state index >= 15 is 0 Å². The Bertz CT molecular complexity index is 667. The van der Waals surface area contributed by atoms with Crippen molar-refractivity contribution in [1.82, 2.24) is 4.98 Å². The van der Waals surface area contributed by atoms with Crippen molar-refractivity contribution in [1.29, 1.82) is 0 Å². The number of thiazole rings is 1. The Balaban J connectivity index is 2.22. The number of hydrogen-bond acceptors (Lipinski definition) is 4. The summed E-state index contributed by atoms with van der Waals surface area (Å²) in [5.41, 5.74) is 9.90. The molecule has 110 valence electrons. The molecule has 2 rings (SSSR count). The molecule has 2 aromatic rings. The Morgan fingerprint density at radius 3 is 2.57 bits per heavy atom. The molecule has 1 aromatic carbocycles. The maximum Gasteiger partial charge on any atom is 0.250 e. The quantitative estimate of drug-likeness (QED) is 0.843. The van der Waals surface area contributed by atoms with Crippen molar-refractivity contribution in [3.05, 3.63) is 41.5 Å². The van der Waals surface area contributed by atoms with Crippen LogP contribution in [0.3, 0.4) is 0 Å². The minimum absolute atomic E-state index is 0.184. The van der Waals surface area contributed by atoms with Crippen molar-refractivity contribution in [2.45, 2.75) is 27.2 Å². The van der Waals surface area contributed by atoms with E-state index in [1.165, 1.54) is 23.0 Å². The molecule has 0 spiro atoms. The van der Waals surface area contributed by atoms with Crippen molar-refractivity contribution in [3.63, 3.8) is 0 Å². The van der Waals surface area contributed by atoms with Crippen LogP contribution in [0.1, 0.15) is 26.3 Å². The molecule has 0 saturated heterocycles. The summed E-state index contributed by atoms with van der Waals surface area (Å²) in [5, 5.41) is 3.86. The van der Waals surface area contributed by atoms with Gasteiger partial charge in [0, 0.05) is 11.6 Å². The molecule has 4 nitrogen and oxygen atoms in total. The normalized spacial score (nSPS) is 10.2. The van der Waals surface area contributed by atoms with Crippen molar-refractivity contribution >= 4 is 27.4 Å². The molecule has 1 heterocycles. The van der Waals surface area contributed by atoms with Crippen LogP contribution in [-0.2, 0) is 11.2 Å². The van der Waals surface area contributed by atoms with Gasteiger partial charge in [-0.25, -0.2) is 4.98 Å². The highest BCUT2D eigenvalue weighted by molar-refractivity contribution is 7.20. The van der Waals surface area contributed by atoms with Crippen molar-refractivity contribution in [2.75, 3.05) is 11.1 Å². The number of amides is 1. The number of benzene rings is 1. The lowest BCUT2D eigenvalue weighted by Crippen LogP contribution is -2.07. The predicted molar refractivity (Wildman–Crippen MR) is 89.4 cm³/mol. The van der Waals surface area contributed by atoms with Crippen LogP contribution in [0.25, 0.3) is 11.3 Å². The third kappa shape index (κ3) is 3.92. The first-order valence-electron chi connectivity index (χ1n) is 6.81. The number of nitrogens with zero attached hydrogens (tertiary/aromatic N) is 1. The lowest BCUT2D eigenvalue weighted by atomic mass is 10.1. The molecule has 0 aliphatic heterocycles. The van der Waals surface area contributed by atoms with Gasteiger partial charge in [-0.2, -0.15) is 0 Å². The van der Waals surface area contributed by atoms with Crippen LogP contribution in [0.5, 0.6) is 0 Å². The molecule has 0 radical (unpaired) electrons. The van der Waals surface area contributed by atoms with E-state index in [-0.39, 0.29) is 5.91 Å². The Hall–Kier alpha value is -2.14. The minimum atomic E-state index is -0.184. The standard InChI is InChI=1S/C16H19N3OS/c1-4-11-5-7-12(8-6-11)14-15(17)21-16(19-14)18-13(20)9-10(2)3/h5-9H,4,17H2,1-3H3,(H,18,19,20). The second-order valence-electron chi connectivity index (χ2n) is 4.99. The summed E-state index contributed by atoms with van der Waals surface area (Å²) >= 11 is 1.28. The van der Waals surface area contributed by atoms with Gasteiger partial charge in [-0.1, -0.05) is 48.1 Å². The highest BCUT2D eigenvalue weighted by atomic mass is 32.1. The number of nitrogens with two attached hydrogens (primary N) is 1. The average molecular weight is 301 g/mol. The third-order valence-electron chi connectivity index (χ3n) is 2.94. The van der Waals surface area contributed by atoms with Gasteiger partial charge >= 0.3 is 0 Å². The molecule has 0 aliphatic rings. The number of aryl methyl sites for hydroxylation is 1. The van der Waals surface area contributed by atoms with E-state index in [2.05, 4.69) is 29.4 Å². The summed E-state index contributed by atoms with van der Waals surface area (Å²) in [4.78, 5) is 16.1. The first-order valence-corrected chi connectivity index (χ1v) is 7.62. The Kier molecular flexibility index (Phi) is 4.75. The number of nitrogens with one attached hydrogen (secondary N) is 1. The number of carbonyl (C=O) groups is 1. The SMILES string of the molecule is CCc1ccc(-c2nc(NC(=O)C=C(C)C)sc2N)cc1. The van der Waals surface area contributed by atoms with Gasteiger partial charge in [0.2, 0.25) is 5.91 Å². The summed E-state index contributed by atoms with van der Waals surface area (Å²) in [5.74, 6) is -0.184. The molecule has 0 unspecified atom stereocenters. The smallest absolute Gasteiger partial charge is 0.250 e. The van der Waals surface area contributed by atoms with Gasteiger partial charge in [0.25, 0.3) is 0 Å². The van der Waals surface area contributed by atoms with Gasteiger partial charge in [-0.15, -0.1) is 0 Å². The van der Waals surface area contributed by atoms with Gasteiger partial charge in [0.05, 0.1) is 0 Å². The second kappa shape index (κ2) is 6.54. The zero-order valence-corrected chi connectivity index (χ0v) is 13.3. The third-order valence-corrected chi connectivity index (χ3v) is 3.74. The van der Waals surface area contributed by atoms with Crippen LogP contribution < -0.4 is 11.1 Å². The monoisotopic (exact) mass is 301 g/mol. The number of rotatable bonds is 4. The summed E-state index contributed by atoms with van der Waals surface area (Å²) in [6, 6.07) is 8.14. The minimum Gasteiger partial charge on any atom is -0.389 e. The van der Waals surface area contributed by atoms with E-state index < -0.39 is 0 Å². The number of carbonyl (C=O) groups excluding carboxylic acids is 1. The number of allylic oxidation sites excluding steroid dienone is 1. The maximum absolute atomic E-state index is 11.7. The van der Waals surface area contributed by atoms with Gasteiger partial charge in [-0.3, -0.25) is 10.1 Å². The van der Waals surface area contributed by atoms with Crippen LogP contribution in [0, 0.1) is 0 Å². The molecule has 21 heavy (non-hydrogen) atoms. The zero-order valence-electron chi connectivity index (χ0n) is 12.4. The van der Waals surface area contributed by atoms with Gasteiger partial charge in [-0.05, 0) is 25.8 Å². The van der Waals surface area contributed by atoms with E-state index in [0.29, 0.717) is 10.1 Å². The molecule has 0 fully saturated rings. The van der Waals surface area contributed by atoms with Crippen LogP contribution in [-0.4, -0.2) is 10.9 Å². The lowest BCUT2D eigenvalue weighted by molar-refractivity contribution is -0.111. The first kappa shape index (κ1) is 15.3. The van der Waals surface area contributed by atoms with E-state index in [4.69, 9.17) is 5.73 Å². The fourth-order valence-corrected chi connectivity index (χ4v) is 2.65. The van der Waals surface area contributed by atoms with Gasteiger partial charge in [0.15, 0.2) is 5.13 Å². The fourth-order valence-electron chi connectivity index (χ4n) is 1.89. The number of anilines is 2. The van der Waals surface area contributed by atoms with E-state index in [1.54, 1.807) is 0 Å². The molecule has 3 N–H and O–H groups in total. The molecule has 5 heteroatoms. The summed E-state index contributed by atoms with van der Waals surface area (Å²) < 4.78 is 0. The molecular weight excluding hydrogens is 282 g/mol. The summed E-state index contributed by atoms with van der Waals surface area (Å²) in [6.45, 7) is 5.86. The van der Waals surface area contributed by atoms with Gasteiger partial charge < -0.3 is 5.73 Å². The average Bonchev–Trinajstić information content (AvgIpc) is 2.78. The van der Waals surface area contributed by atoms with Crippen LogP contribution >= 0.6 is 11.3 Å². The Labute approximate surface area is 128 Å². The fraction of sp³-hybridized carbons (Fsp3) is 0.250. The Morgan fingerprint density at radius 2 is 2.00 bits per heavy atom.